The number of amides is 2. The molecule has 1 unspecified atom stereocenters. The molecule has 4 N–H and O–H groups in total. The summed E-state index contributed by atoms with van der Waals surface area (Å²) < 4.78 is 10.8. The zero-order valence-corrected chi connectivity index (χ0v) is 27.6. The second-order valence-electron chi connectivity index (χ2n) is 11.1. The minimum absolute atomic E-state index is 0.0989. The summed E-state index contributed by atoms with van der Waals surface area (Å²) >= 11 is 4.64. The Morgan fingerprint density at radius 3 is 2.64 bits per heavy atom. The van der Waals surface area contributed by atoms with Gasteiger partial charge in [0.2, 0.25) is 0 Å². The molecule has 3 aromatic rings. The van der Waals surface area contributed by atoms with Gasteiger partial charge in [-0.15, -0.1) is 11.3 Å². The molecule has 4 rings (SSSR count). The largest absolute Gasteiger partial charge is 0.508 e. The van der Waals surface area contributed by atoms with Gasteiger partial charge in [0.25, 0.3) is 11.8 Å². The number of anilines is 1. The standard InChI is InChI=1S/C31H34BrN5O7S/c1-31(2,3)44-29(42)25-16-33-10-11-37(25)30-35-20(17-45-30)14-24(28(41)43-4)36-27(40)22-9-8-19(13-23(22)32)26(39)34-15-18-6-5-7-21(38)12-18/h5-9,12-14,17,25,33,38H,10-11,15-16H2,1-4H3,(H,34,39)(H,36,40). The topological polar surface area (TPSA) is 159 Å². The van der Waals surface area contributed by atoms with Crippen LogP contribution in [-0.4, -0.2) is 72.2 Å². The number of aromatic hydroxyl groups is 1. The molecular formula is C31H34BrN5O7S. The van der Waals surface area contributed by atoms with Crippen LogP contribution < -0.4 is 20.9 Å². The van der Waals surface area contributed by atoms with Crippen LogP contribution in [0.1, 0.15) is 52.7 Å². The van der Waals surface area contributed by atoms with E-state index in [1.807, 2.05) is 25.7 Å². The highest BCUT2D eigenvalue weighted by Gasteiger charge is 2.34. The van der Waals surface area contributed by atoms with Crippen molar-refractivity contribution in [1.82, 2.24) is 20.9 Å². The van der Waals surface area contributed by atoms with Crippen LogP contribution in [0, 0.1) is 0 Å². The number of phenolic OH excluding ortho intramolecular Hbond substituents is 1. The van der Waals surface area contributed by atoms with Gasteiger partial charge in [-0.3, -0.25) is 9.59 Å². The van der Waals surface area contributed by atoms with Crippen molar-refractivity contribution in [3.8, 4) is 5.75 Å². The number of ether oxygens (including phenoxy) is 2. The summed E-state index contributed by atoms with van der Waals surface area (Å²) in [6.45, 7) is 7.21. The van der Waals surface area contributed by atoms with Crippen molar-refractivity contribution in [2.75, 3.05) is 31.6 Å². The number of nitrogens with zero attached hydrogens (tertiary/aromatic N) is 2. The van der Waals surface area contributed by atoms with E-state index in [0.29, 0.717) is 40.5 Å². The molecule has 1 saturated heterocycles. The third kappa shape index (κ3) is 9.12. The number of carbonyl (C=O) groups is 4. The Morgan fingerprint density at radius 1 is 1.18 bits per heavy atom. The van der Waals surface area contributed by atoms with Crippen molar-refractivity contribution in [1.29, 1.82) is 0 Å². The van der Waals surface area contributed by atoms with E-state index < -0.39 is 23.5 Å². The Hall–Kier alpha value is -4.27. The van der Waals surface area contributed by atoms with Crippen molar-refractivity contribution in [3.05, 3.63) is 80.4 Å². The number of carbonyl (C=O) groups excluding carboxylic acids is 4. The number of nitrogens with one attached hydrogen (secondary N) is 3. The number of methoxy groups -OCH3 is 1. The smallest absolute Gasteiger partial charge is 0.354 e. The second kappa shape index (κ2) is 14.7. The lowest BCUT2D eigenvalue weighted by atomic mass is 10.1. The molecule has 1 atom stereocenters. The van der Waals surface area contributed by atoms with Gasteiger partial charge in [0.05, 0.1) is 18.4 Å². The Bertz CT molecular complexity index is 1620. The van der Waals surface area contributed by atoms with Crippen LogP contribution >= 0.6 is 27.3 Å². The maximum atomic E-state index is 13.2. The van der Waals surface area contributed by atoms with Crippen LogP contribution in [0.5, 0.6) is 5.75 Å². The zero-order chi connectivity index (χ0) is 32.7. The number of phenols is 1. The van der Waals surface area contributed by atoms with Gasteiger partial charge < -0.3 is 35.4 Å². The van der Waals surface area contributed by atoms with Gasteiger partial charge in [0, 0.05) is 41.6 Å². The van der Waals surface area contributed by atoms with Crippen molar-refractivity contribution in [2.24, 2.45) is 0 Å². The fraction of sp³-hybridized carbons (Fsp3) is 0.323. The summed E-state index contributed by atoms with van der Waals surface area (Å²) in [4.78, 5) is 57.8. The van der Waals surface area contributed by atoms with Crippen LogP contribution in [0.25, 0.3) is 6.08 Å². The molecule has 2 heterocycles. The van der Waals surface area contributed by atoms with Gasteiger partial charge in [0.1, 0.15) is 23.1 Å². The molecule has 0 aliphatic carbocycles. The summed E-state index contributed by atoms with van der Waals surface area (Å²) in [5, 5.41) is 20.4. The molecule has 1 aliphatic heterocycles. The summed E-state index contributed by atoms with van der Waals surface area (Å²) in [6.07, 6.45) is 1.39. The van der Waals surface area contributed by atoms with Gasteiger partial charge in [-0.2, -0.15) is 0 Å². The van der Waals surface area contributed by atoms with E-state index in [1.165, 1.54) is 48.8 Å². The van der Waals surface area contributed by atoms with E-state index in [2.05, 4.69) is 36.9 Å². The molecular weight excluding hydrogens is 666 g/mol. The number of thiazole rings is 1. The Morgan fingerprint density at radius 2 is 1.96 bits per heavy atom. The van der Waals surface area contributed by atoms with Gasteiger partial charge >= 0.3 is 11.9 Å². The van der Waals surface area contributed by atoms with Gasteiger partial charge in [-0.1, -0.05) is 12.1 Å². The lowest BCUT2D eigenvalue weighted by Gasteiger charge is -2.35. The predicted molar refractivity (Wildman–Crippen MR) is 173 cm³/mol. The molecule has 1 fully saturated rings. The molecule has 0 radical (unpaired) electrons. The average Bonchev–Trinajstić information content (AvgIpc) is 3.46. The molecule has 0 saturated carbocycles. The number of halogens is 1. The molecule has 1 aliphatic rings. The SMILES string of the molecule is COC(=O)C(=Cc1csc(N2CCNCC2C(=O)OC(C)(C)C)n1)NC(=O)c1ccc(C(=O)NCc2cccc(O)c2)cc1Br. The van der Waals surface area contributed by atoms with E-state index >= 15 is 0 Å². The summed E-state index contributed by atoms with van der Waals surface area (Å²) in [5.41, 5.74) is 0.798. The van der Waals surface area contributed by atoms with E-state index in [-0.39, 0.29) is 35.4 Å². The van der Waals surface area contributed by atoms with Crippen molar-refractivity contribution < 1.29 is 33.8 Å². The molecule has 2 amide bonds. The predicted octanol–water partition coefficient (Wildman–Crippen LogP) is 3.61. The highest BCUT2D eigenvalue weighted by molar-refractivity contribution is 9.10. The third-order valence-corrected chi connectivity index (χ3v) is 8.02. The third-order valence-electron chi connectivity index (χ3n) is 6.46. The Balaban J connectivity index is 1.47. The maximum Gasteiger partial charge on any atom is 0.354 e. The van der Waals surface area contributed by atoms with E-state index in [1.54, 1.807) is 23.6 Å². The second-order valence-corrected chi connectivity index (χ2v) is 12.7. The summed E-state index contributed by atoms with van der Waals surface area (Å²) in [6, 6.07) is 10.4. The Kier molecular flexibility index (Phi) is 11.0. The fourth-order valence-corrected chi connectivity index (χ4v) is 5.79. The molecule has 14 heteroatoms. The molecule has 0 bridgehead atoms. The summed E-state index contributed by atoms with van der Waals surface area (Å²) in [7, 11) is 1.20. The zero-order valence-electron chi connectivity index (χ0n) is 25.2. The first-order chi connectivity index (χ1) is 21.3. The number of aromatic nitrogens is 1. The molecule has 45 heavy (non-hydrogen) atoms. The van der Waals surface area contributed by atoms with E-state index in [4.69, 9.17) is 9.47 Å². The Labute approximate surface area is 272 Å². The highest BCUT2D eigenvalue weighted by Crippen LogP contribution is 2.26. The maximum absolute atomic E-state index is 13.2. The van der Waals surface area contributed by atoms with Gasteiger partial charge in [-0.25, -0.2) is 14.6 Å². The van der Waals surface area contributed by atoms with E-state index in [9.17, 15) is 24.3 Å². The first-order valence-electron chi connectivity index (χ1n) is 14.0. The average molecular weight is 701 g/mol. The molecule has 238 valence electrons. The monoisotopic (exact) mass is 699 g/mol. The molecule has 1 aromatic heterocycles. The first-order valence-corrected chi connectivity index (χ1v) is 15.6. The fourth-order valence-electron chi connectivity index (χ4n) is 4.37. The van der Waals surface area contributed by atoms with Gasteiger partial charge in [0.15, 0.2) is 5.13 Å². The van der Waals surface area contributed by atoms with E-state index in [0.717, 1.165) is 5.56 Å². The van der Waals surface area contributed by atoms with Crippen LogP contribution in [0.4, 0.5) is 5.13 Å². The van der Waals surface area contributed by atoms with Crippen LogP contribution in [0.3, 0.4) is 0 Å². The van der Waals surface area contributed by atoms with Crippen molar-refractivity contribution in [2.45, 2.75) is 39.0 Å². The first kappa shape index (κ1) is 33.6. The van der Waals surface area contributed by atoms with Crippen molar-refractivity contribution in [3.63, 3.8) is 0 Å². The lowest BCUT2D eigenvalue weighted by molar-refractivity contribution is -0.156. The molecule has 0 spiro atoms. The van der Waals surface area contributed by atoms with Crippen LogP contribution in [-0.2, 0) is 25.6 Å². The quantitative estimate of drug-likeness (QED) is 0.192. The van der Waals surface area contributed by atoms with Crippen molar-refractivity contribution >= 4 is 62.2 Å². The molecule has 2 aromatic carbocycles. The number of piperazine rings is 1. The van der Waals surface area contributed by atoms with Gasteiger partial charge in [-0.05, 0) is 78.7 Å². The number of hydrogen-bond donors (Lipinski definition) is 4. The van der Waals surface area contributed by atoms with Crippen LogP contribution in [0.2, 0.25) is 0 Å². The molecule has 12 nitrogen and oxygen atoms in total. The minimum Gasteiger partial charge on any atom is -0.508 e. The number of rotatable bonds is 9. The lowest BCUT2D eigenvalue weighted by Crippen LogP contribution is -2.56. The number of esters is 2. The summed E-state index contributed by atoms with van der Waals surface area (Å²) in [5.74, 6) is -2.05. The number of benzene rings is 2. The number of hydrogen-bond acceptors (Lipinski definition) is 11. The highest BCUT2D eigenvalue weighted by atomic mass is 79.9. The normalized spacial score (nSPS) is 15.3. The van der Waals surface area contributed by atoms with Crippen LogP contribution in [0.15, 0.2) is 58.0 Å². The minimum atomic E-state index is -0.786.